The van der Waals surface area contributed by atoms with Crippen molar-refractivity contribution >= 4 is 17.6 Å². The summed E-state index contributed by atoms with van der Waals surface area (Å²) in [5.74, 6) is -2.71. The number of rotatable bonds is 3. The summed E-state index contributed by atoms with van der Waals surface area (Å²) in [6, 6.07) is 5.44. The van der Waals surface area contributed by atoms with Crippen LogP contribution in [0, 0.1) is 17.7 Å². The van der Waals surface area contributed by atoms with Crippen molar-refractivity contribution in [1.29, 1.82) is 0 Å². The van der Waals surface area contributed by atoms with Crippen LogP contribution < -0.4 is 5.32 Å². The molecular formula is C14H16FNO3. The van der Waals surface area contributed by atoms with E-state index < -0.39 is 17.8 Å². The number of carbonyl (C=O) groups is 2. The van der Waals surface area contributed by atoms with Crippen molar-refractivity contribution in [3.63, 3.8) is 0 Å². The fourth-order valence-corrected chi connectivity index (χ4v) is 2.51. The number of aliphatic carboxylic acids is 1. The quantitative estimate of drug-likeness (QED) is 0.883. The van der Waals surface area contributed by atoms with Crippen LogP contribution in [0.5, 0.6) is 0 Å². The molecule has 4 nitrogen and oxygen atoms in total. The van der Waals surface area contributed by atoms with Gasteiger partial charge in [0.1, 0.15) is 5.82 Å². The van der Waals surface area contributed by atoms with E-state index in [9.17, 15) is 14.0 Å². The number of halogens is 1. The Morgan fingerprint density at radius 1 is 1.11 bits per heavy atom. The highest BCUT2D eigenvalue weighted by Gasteiger charge is 2.35. The SMILES string of the molecule is O=C(O)[C@@H]1CCCC[C@H]1C(=O)Nc1ccc(F)cc1. The average molecular weight is 265 g/mol. The van der Waals surface area contributed by atoms with Gasteiger partial charge in [0.15, 0.2) is 0 Å². The fourth-order valence-electron chi connectivity index (χ4n) is 2.51. The lowest BCUT2D eigenvalue weighted by atomic mass is 9.78. The lowest BCUT2D eigenvalue weighted by Gasteiger charge is -2.27. The van der Waals surface area contributed by atoms with E-state index in [1.807, 2.05) is 0 Å². The Morgan fingerprint density at radius 2 is 1.68 bits per heavy atom. The largest absolute Gasteiger partial charge is 0.481 e. The number of carboxylic acid groups (broad SMARTS) is 1. The van der Waals surface area contributed by atoms with Gasteiger partial charge in [0, 0.05) is 5.69 Å². The fraction of sp³-hybridized carbons (Fsp3) is 0.429. The molecule has 0 aliphatic heterocycles. The number of nitrogens with one attached hydrogen (secondary N) is 1. The maximum atomic E-state index is 12.8. The van der Waals surface area contributed by atoms with Crippen LogP contribution in [0.3, 0.4) is 0 Å². The highest BCUT2D eigenvalue weighted by atomic mass is 19.1. The third-order valence-electron chi connectivity index (χ3n) is 3.53. The summed E-state index contributed by atoms with van der Waals surface area (Å²) in [7, 11) is 0. The van der Waals surface area contributed by atoms with Crippen LogP contribution in [0.2, 0.25) is 0 Å². The monoisotopic (exact) mass is 265 g/mol. The molecule has 0 aromatic heterocycles. The first-order valence-electron chi connectivity index (χ1n) is 6.37. The highest BCUT2D eigenvalue weighted by Crippen LogP contribution is 2.31. The van der Waals surface area contributed by atoms with E-state index in [-0.39, 0.29) is 11.7 Å². The lowest BCUT2D eigenvalue weighted by Crippen LogP contribution is -2.36. The van der Waals surface area contributed by atoms with Crippen LogP contribution in [-0.4, -0.2) is 17.0 Å². The van der Waals surface area contributed by atoms with E-state index in [0.29, 0.717) is 18.5 Å². The zero-order valence-corrected chi connectivity index (χ0v) is 10.4. The smallest absolute Gasteiger partial charge is 0.307 e. The van der Waals surface area contributed by atoms with Gasteiger partial charge in [-0.1, -0.05) is 12.8 Å². The molecule has 0 heterocycles. The van der Waals surface area contributed by atoms with E-state index in [1.165, 1.54) is 24.3 Å². The number of hydrogen-bond donors (Lipinski definition) is 2. The van der Waals surface area contributed by atoms with Gasteiger partial charge >= 0.3 is 5.97 Å². The molecule has 0 bridgehead atoms. The Labute approximate surface area is 110 Å². The molecule has 2 rings (SSSR count). The molecule has 0 unspecified atom stereocenters. The molecule has 1 aliphatic rings. The number of carbonyl (C=O) groups excluding carboxylic acids is 1. The first-order chi connectivity index (χ1) is 9.08. The highest BCUT2D eigenvalue weighted by molar-refractivity contribution is 5.95. The first-order valence-corrected chi connectivity index (χ1v) is 6.37. The Kier molecular flexibility index (Phi) is 4.14. The number of benzene rings is 1. The second-order valence-electron chi connectivity index (χ2n) is 4.83. The van der Waals surface area contributed by atoms with Gasteiger partial charge in [0.05, 0.1) is 11.8 Å². The minimum Gasteiger partial charge on any atom is -0.481 e. The zero-order valence-electron chi connectivity index (χ0n) is 10.4. The predicted molar refractivity (Wildman–Crippen MR) is 68.1 cm³/mol. The molecule has 1 aromatic carbocycles. The molecule has 2 N–H and O–H groups in total. The third kappa shape index (κ3) is 3.30. The van der Waals surface area contributed by atoms with Gasteiger partial charge in [-0.2, -0.15) is 0 Å². The second kappa shape index (κ2) is 5.82. The molecular weight excluding hydrogens is 249 g/mol. The normalized spacial score (nSPS) is 22.8. The minimum absolute atomic E-state index is 0.293. The molecule has 1 fully saturated rings. The van der Waals surface area contributed by atoms with E-state index in [1.54, 1.807) is 0 Å². The van der Waals surface area contributed by atoms with Crippen LogP contribution in [0.4, 0.5) is 10.1 Å². The standard InChI is InChI=1S/C14H16FNO3/c15-9-5-7-10(8-6-9)16-13(17)11-3-1-2-4-12(11)14(18)19/h5-8,11-12H,1-4H2,(H,16,17)(H,18,19)/t11-,12-/m1/s1. The maximum absolute atomic E-state index is 12.8. The van der Waals surface area contributed by atoms with Gasteiger partial charge in [0.2, 0.25) is 5.91 Å². The molecule has 102 valence electrons. The van der Waals surface area contributed by atoms with E-state index in [4.69, 9.17) is 5.11 Å². The molecule has 1 amide bonds. The Morgan fingerprint density at radius 3 is 2.26 bits per heavy atom. The number of hydrogen-bond acceptors (Lipinski definition) is 2. The molecule has 19 heavy (non-hydrogen) atoms. The van der Waals surface area contributed by atoms with Gasteiger partial charge in [0.25, 0.3) is 0 Å². The van der Waals surface area contributed by atoms with Crippen molar-refractivity contribution in [3.05, 3.63) is 30.1 Å². The van der Waals surface area contributed by atoms with Gasteiger partial charge in [-0.05, 0) is 37.1 Å². The van der Waals surface area contributed by atoms with Crippen molar-refractivity contribution in [3.8, 4) is 0 Å². The molecule has 1 aromatic rings. The van der Waals surface area contributed by atoms with E-state index in [2.05, 4.69) is 5.32 Å². The molecule has 0 saturated heterocycles. The Balaban J connectivity index is 2.05. The van der Waals surface area contributed by atoms with E-state index >= 15 is 0 Å². The zero-order chi connectivity index (χ0) is 13.8. The molecule has 1 aliphatic carbocycles. The molecule has 0 radical (unpaired) electrons. The summed E-state index contributed by atoms with van der Waals surface area (Å²) < 4.78 is 12.8. The topological polar surface area (TPSA) is 66.4 Å². The van der Waals surface area contributed by atoms with Gasteiger partial charge in [-0.15, -0.1) is 0 Å². The minimum atomic E-state index is -0.918. The van der Waals surface area contributed by atoms with Crippen molar-refractivity contribution in [2.45, 2.75) is 25.7 Å². The average Bonchev–Trinajstić information content (AvgIpc) is 2.41. The predicted octanol–water partition coefficient (Wildman–Crippen LogP) is 2.66. The van der Waals surface area contributed by atoms with Crippen molar-refractivity contribution < 1.29 is 19.1 Å². The lowest BCUT2D eigenvalue weighted by molar-refractivity contribution is -0.147. The summed E-state index contributed by atoms with van der Waals surface area (Å²) in [5.41, 5.74) is 0.487. The van der Waals surface area contributed by atoms with Gasteiger partial charge < -0.3 is 10.4 Å². The van der Waals surface area contributed by atoms with Crippen LogP contribution in [-0.2, 0) is 9.59 Å². The third-order valence-corrected chi connectivity index (χ3v) is 3.53. The van der Waals surface area contributed by atoms with Crippen LogP contribution in [0.1, 0.15) is 25.7 Å². The Hall–Kier alpha value is -1.91. The number of carboxylic acids is 1. The summed E-state index contributed by atoms with van der Waals surface area (Å²) >= 11 is 0. The molecule has 1 saturated carbocycles. The Bertz CT molecular complexity index is 472. The van der Waals surface area contributed by atoms with Gasteiger partial charge in [-0.3, -0.25) is 9.59 Å². The van der Waals surface area contributed by atoms with Crippen LogP contribution in [0.15, 0.2) is 24.3 Å². The number of anilines is 1. The van der Waals surface area contributed by atoms with Crippen molar-refractivity contribution in [2.24, 2.45) is 11.8 Å². The van der Waals surface area contributed by atoms with Crippen LogP contribution in [0.25, 0.3) is 0 Å². The van der Waals surface area contributed by atoms with E-state index in [0.717, 1.165) is 12.8 Å². The van der Waals surface area contributed by atoms with Crippen molar-refractivity contribution in [2.75, 3.05) is 5.32 Å². The molecule has 2 atom stereocenters. The van der Waals surface area contributed by atoms with Crippen LogP contribution >= 0.6 is 0 Å². The molecule has 0 spiro atoms. The van der Waals surface area contributed by atoms with Crippen molar-refractivity contribution in [1.82, 2.24) is 0 Å². The maximum Gasteiger partial charge on any atom is 0.307 e. The summed E-state index contributed by atoms with van der Waals surface area (Å²) in [6.45, 7) is 0. The van der Waals surface area contributed by atoms with Gasteiger partial charge in [-0.25, -0.2) is 4.39 Å². The number of amides is 1. The summed E-state index contributed by atoms with van der Waals surface area (Å²) in [5, 5.41) is 11.8. The summed E-state index contributed by atoms with van der Waals surface area (Å²) in [4.78, 5) is 23.2. The molecule has 5 heteroatoms. The summed E-state index contributed by atoms with van der Waals surface area (Å²) in [6.07, 6.45) is 2.84. The second-order valence-corrected chi connectivity index (χ2v) is 4.83. The first kappa shape index (κ1) is 13.5.